The lowest BCUT2D eigenvalue weighted by molar-refractivity contribution is -0.124. The molecule has 2 atom stereocenters. The van der Waals surface area contributed by atoms with Crippen molar-refractivity contribution in [1.82, 2.24) is 5.32 Å². The molecule has 3 aliphatic rings. The van der Waals surface area contributed by atoms with Gasteiger partial charge in [0.25, 0.3) is 5.91 Å². The Morgan fingerprint density at radius 2 is 2.10 bits per heavy atom. The van der Waals surface area contributed by atoms with E-state index in [0.717, 1.165) is 29.1 Å². The number of nitrogens with one attached hydrogen (secondary N) is 2. The molecule has 0 bridgehead atoms. The van der Waals surface area contributed by atoms with Crippen molar-refractivity contribution < 1.29 is 19.1 Å². The van der Waals surface area contributed by atoms with Gasteiger partial charge in [-0.25, -0.2) is 0 Å². The van der Waals surface area contributed by atoms with Gasteiger partial charge < -0.3 is 25.0 Å². The van der Waals surface area contributed by atoms with Crippen LogP contribution in [-0.2, 0) is 16.0 Å². The summed E-state index contributed by atoms with van der Waals surface area (Å²) in [6, 6.07) is 13.1. The monoisotopic (exact) mass is 407 g/mol. The van der Waals surface area contributed by atoms with Gasteiger partial charge in [0, 0.05) is 24.6 Å². The van der Waals surface area contributed by atoms with Gasteiger partial charge in [-0.1, -0.05) is 24.3 Å². The van der Waals surface area contributed by atoms with Crippen LogP contribution in [0.5, 0.6) is 11.5 Å². The van der Waals surface area contributed by atoms with E-state index in [9.17, 15) is 9.59 Å². The summed E-state index contributed by atoms with van der Waals surface area (Å²) in [5.41, 5.74) is 2.63. The molecule has 1 saturated heterocycles. The summed E-state index contributed by atoms with van der Waals surface area (Å²) in [7, 11) is 0. The minimum Gasteiger partial charge on any atom is -0.483 e. The molecule has 2 aromatic carbocycles. The Balaban J connectivity index is 1.21. The highest BCUT2D eigenvalue weighted by Crippen LogP contribution is 2.41. The SMILES string of the molecule is CC1(C)Cc2cccc(OCC(=O)N[C@H]3C[C@@H]4C(=O)Nc5ccccc5N4C3)c2O1. The van der Waals surface area contributed by atoms with E-state index < -0.39 is 0 Å². The van der Waals surface area contributed by atoms with Gasteiger partial charge in [-0.15, -0.1) is 0 Å². The predicted molar refractivity (Wildman–Crippen MR) is 113 cm³/mol. The Kier molecular flexibility index (Phi) is 4.34. The Labute approximate surface area is 175 Å². The largest absolute Gasteiger partial charge is 0.483 e. The first-order valence-corrected chi connectivity index (χ1v) is 10.3. The normalized spacial score (nSPS) is 23.0. The number of anilines is 2. The second kappa shape index (κ2) is 6.93. The molecule has 0 spiro atoms. The van der Waals surface area contributed by atoms with Crippen LogP contribution >= 0.6 is 0 Å². The average molecular weight is 407 g/mol. The van der Waals surface area contributed by atoms with Gasteiger partial charge in [-0.2, -0.15) is 0 Å². The van der Waals surface area contributed by atoms with Crippen LogP contribution in [0.25, 0.3) is 0 Å². The van der Waals surface area contributed by atoms with E-state index in [1.165, 1.54) is 0 Å². The van der Waals surface area contributed by atoms with E-state index in [0.29, 0.717) is 18.7 Å². The molecule has 0 saturated carbocycles. The number of amides is 2. The van der Waals surface area contributed by atoms with Crippen LogP contribution in [0, 0.1) is 0 Å². The highest BCUT2D eigenvalue weighted by Gasteiger charge is 2.41. The predicted octanol–water partition coefficient (Wildman–Crippen LogP) is 2.49. The third-order valence-electron chi connectivity index (χ3n) is 5.85. The fourth-order valence-electron chi connectivity index (χ4n) is 4.61. The second-order valence-corrected chi connectivity index (χ2v) is 8.75. The molecule has 7 nitrogen and oxygen atoms in total. The lowest BCUT2D eigenvalue weighted by Gasteiger charge is -2.32. The number of hydrogen-bond donors (Lipinski definition) is 2. The Bertz CT molecular complexity index is 1020. The first-order valence-electron chi connectivity index (χ1n) is 10.3. The number of fused-ring (bicyclic) bond motifs is 4. The molecule has 7 heteroatoms. The smallest absolute Gasteiger partial charge is 0.258 e. The van der Waals surface area contributed by atoms with E-state index in [1.54, 1.807) is 0 Å². The fourth-order valence-corrected chi connectivity index (χ4v) is 4.61. The van der Waals surface area contributed by atoms with Crippen LogP contribution in [0.3, 0.4) is 0 Å². The molecule has 3 heterocycles. The zero-order chi connectivity index (χ0) is 20.9. The van der Waals surface area contributed by atoms with Crippen LogP contribution in [0.1, 0.15) is 25.8 Å². The molecule has 2 N–H and O–H groups in total. The maximum Gasteiger partial charge on any atom is 0.258 e. The molecule has 156 valence electrons. The fraction of sp³-hybridized carbons (Fsp3) is 0.391. The second-order valence-electron chi connectivity index (χ2n) is 8.75. The molecular weight excluding hydrogens is 382 g/mol. The third kappa shape index (κ3) is 3.34. The van der Waals surface area contributed by atoms with E-state index in [-0.39, 0.29) is 36.1 Å². The molecule has 0 unspecified atom stereocenters. The van der Waals surface area contributed by atoms with Crippen molar-refractivity contribution in [3.63, 3.8) is 0 Å². The van der Waals surface area contributed by atoms with Gasteiger partial charge in [0.05, 0.1) is 11.4 Å². The maximum absolute atomic E-state index is 12.5. The number of ether oxygens (including phenoxy) is 2. The van der Waals surface area contributed by atoms with Crippen molar-refractivity contribution >= 4 is 23.2 Å². The summed E-state index contributed by atoms with van der Waals surface area (Å²) in [6.07, 6.45) is 1.39. The molecule has 1 fully saturated rings. The van der Waals surface area contributed by atoms with Crippen molar-refractivity contribution in [1.29, 1.82) is 0 Å². The summed E-state index contributed by atoms with van der Waals surface area (Å²) in [4.78, 5) is 27.0. The molecule has 0 radical (unpaired) electrons. The number of carbonyl (C=O) groups excluding carboxylic acids is 2. The highest BCUT2D eigenvalue weighted by molar-refractivity contribution is 6.04. The number of para-hydroxylation sites is 3. The van der Waals surface area contributed by atoms with Gasteiger partial charge in [0.2, 0.25) is 5.91 Å². The van der Waals surface area contributed by atoms with Crippen molar-refractivity contribution in [2.75, 3.05) is 23.4 Å². The van der Waals surface area contributed by atoms with E-state index in [2.05, 4.69) is 15.5 Å². The van der Waals surface area contributed by atoms with Crippen molar-refractivity contribution in [3.8, 4) is 11.5 Å². The molecule has 0 aromatic heterocycles. The van der Waals surface area contributed by atoms with Gasteiger partial charge >= 0.3 is 0 Å². The van der Waals surface area contributed by atoms with Crippen LogP contribution < -0.4 is 25.0 Å². The molecule has 5 rings (SSSR count). The standard InChI is InChI=1S/C23H25N3O4/c1-23(2)11-14-6-5-9-19(21(14)30-23)29-13-20(27)24-15-10-18-22(28)25-16-7-3-4-8-17(16)26(18)12-15/h3-9,15,18H,10-13H2,1-2H3,(H,24,27)(H,25,28)/t15-,18+/m0/s1. The molecule has 2 aromatic rings. The van der Waals surface area contributed by atoms with Gasteiger partial charge in [0.1, 0.15) is 11.6 Å². The summed E-state index contributed by atoms with van der Waals surface area (Å²) in [5, 5.41) is 5.96. The molecular formula is C23H25N3O4. The number of hydrogen-bond acceptors (Lipinski definition) is 5. The van der Waals surface area contributed by atoms with Crippen LogP contribution in [0.15, 0.2) is 42.5 Å². The van der Waals surface area contributed by atoms with Crippen LogP contribution in [0.4, 0.5) is 11.4 Å². The lowest BCUT2D eigenvalue weighted by atomic mass is 10.0. The lowest BCUT2D eigenvalue weighted by Crippen LogP contribution is -2.44. The van der Waals surface area contributed by atoms with Crippen LogP contribution in [0.2, 0.25) is 0 Å². The van der Waals surface area contributed by atoms with Gasteiger partial charge in [-0.3, -0.25) is 9.59 Å². The van der Waals surface area contributed by atoms with Crippen molar-refractivity contribution in [2.45, 2.75) is 44.4 Å². The summed E-state index contributed by atoms with van der Waals surface area (Å²) in [6.45, 7) is 4.57. The van der Waals surface area contributed by atoms with Crippen molar-refractivity contribution in [2.24, 2.45) is 0 Å². The van der Waals surface area contributed by atoms with E-state index in [1.807, 2.05) is 56.3 Å². The average Bonchev–Trinajstić information content (AvgIpc) is 3.26. The number of benzene rings is 2. The summed E-state index contributed by atoms with van der Waals surface area (Å²) in [5.74, 6) is 1.08. The van der Waals surface area contributed by atoms with Crippen LogP contribution in [-0.4, -0.2) is 42.7 Å². The molecule has 3 aliphatic heterocycles. The Morgan fingerprint density at radius 1 is 1.27 bits per heavy atom. The number of rotatable bonds is 4. The Morgan fingerprint density at radius 3 is 2.97 bits per heavy atom. The molecule has 0 aliphatic carbocycles. The van der Waals surface area contributed by atoms with Gasteiger partial charge in [-0.05, 0) is 38.5 Å². The summed E-state index contributed by atoms with van der Waals surface area (Å²) >= 11 is 0. The minimum absolute atomic E-state index is 0.0266. The highest BCUT2D eigenvalue weighted by atomic mass is 16.5. The topological polar surface area (TPSA) is 79.9 Å². The van der Waals surface area contributed by atoms with Crippen molar-refractivity contribution in [3.05, 3.63) is 48.0 Å². The Hall–Kier alpha value is -3.22. The quantitative estimate of drug-likeness (QED) is 0.814. The van der Waals surface area contributed by atoms with E-state index >= 15 is 0 Å². The van der Waals surface area contributed by atoms with E-state index in [4.69, 9.17) is 9.47 Å². The first-order chi connectivity index (χ1) is 14.4. The molecule has 30 heavy (non-hydrogen) atoms. The maximum atomic E-state index is 12.5. The number of nitrogens with zero attached hydrogens (tertiary/aromatic N) is 1. The molecule has 2 amide bonds. The minimum atomic E-state index is -0.268. The first kappa shape index (κ1) is 18.8. The zero-order valence-electron chi connectivity index (χ0n) is 17.1. The summed E-state index contributed by atoms with van der Waals surface area (Å²) < 4.78 is 11.8. The third-order valence-corrected chi connectivity index (χ3v) is 5.85. The zero-order valence-corrected chi connectivity index (χ0v) is 17.1. The van der Waals surface area contributed by atoms with Gasteiger partial charge in [0.15, 0.2) is 18.1 Å². The number of carbonyl (C=O) groups is 2.